The number of hydrogen-bond donors (Lipinski definition) is 2. The second-order valence-electron chi connectivity index (χ2n) is 6.17. The van der Waals surface area contributed by atoms with Crippen molar-refractivity contribution in [1.29, 1.82) is 0 Å². The molecule has 3 rings (SSSR count). The molecular formula is C20H18FNO4S. The van der Waals surface area contributed by atoms with Gasteiger partial charge in [0.1, 0.15) is 5.82 Å². The minimum atomic E-state index is -3.67. The molecule has 0 heterocycles. The van der Waals surface area contributed by atoms with Gasteiger partial charge in [-0.2, -0.15) is 0 Å². The van der Waals surface area contributed by atoms with Gasteiger partial charge in [-0.25, -0.2) is 17.5 Å². The Bertz CT molecular complexity index is 1100. The number of carboxylic acids is 1. The van der Waals surface area contributed by atoms with Gasteiger partial charge in [0.25, 0.3) is 0 Å². The lowest BCUT2D eigenvalue weighted by atomic mass is 10.0. The van der Waals surface area contributed by atoms with Crippen molar-refractivity contribution >= 4 is 33.2 Å². The van der Waals surface area contributed by atoms with E-state index in [0.717, 1.165) is 0 Å². The summed E-state index contributed by atoms with van der Waals surface area (Å²) in [6, 6.07) is 10.7. The Kier molecular flexibility index (Phi) is 4.99. The van der Waals surface area contributed by atoms with Gasteiger partial charge in [0.05, 0.1) is 11.3 Å². The summed E-state index contributed by atoms with van der Waals surface area (Å²) in [5, 5.41) is 9.21. The number of carboxylic acid groups (broad SMARTS) is 1. The Labute approximate surface area is 156 Å². The molecule has 0 spiro atoms. The first-order chi connectivity index (χ1) is 12.7. The predicted octanol–water partition coefficient (Wildman–Crippen LogP) is 3.54. The fourth-order valence-electron chi connectivity index (χ4n) is 3.24. The van der Waals surface area contributed by atoms with Crippen molar-refractivity contribution in [3.8, 4) is 0 Å². The predicted molar refractivity (Wildman–Crippen MR) is 102 cm³/mol. The quantitative estimate of drug-likeness (QED) is 0.822. The Balaban J connectivity index is 2.24. The first kappa shape index (κ1) is 19.0. The van der Waals surface area contributed by atoms with E-state index in [1.54, 1.807) is 37.3 Å². The van der Waals surface area contributed by atoms with Gasteiger partial charge < -0.3 is 5.11 Å². The van der Waals surface area contributed by atoms with Gasteiger partial charge in [-0.3, -0.25) is 4.79 Å². The number of allylic oxidation sites excluding steroid dienone is 2. The van der Waals surface area contributed by atoms with Gasteiger partial charge in [0.15, 0.2) is 0 Å². The van der Waals surface area contributed by atoms with Crippen LogP contribution >= 0.6 is 0 Å². The fourth-order valence-corrected chi connectivity index (χ4v) is 4.16. The highest BCUT2D eigenvalue weighted by Crippen LogP contribution is 2.44. The number of benzene rings is 2. The molecule has 2 aromatic rings. The van der Waals surface area contributed by atoms with Crippen molar-refractivity contribution in [3.63, 3.8) is 0 Å². The van der Waals surface area contributed by atoms with Crippen LogP contribution in [0.15, 0.2) is 52.9 Å². The lowest BCUT2D eigenvalue weighted by Crippen LogP contribution is -2.19. The summed E-state index contributed by atoms with van der Waals surface area (Å²) < 4.78 is 40.6. The zero-order chi connectivity index (χ0) is 19.8. The smallest absolute Gasteiger partial charge is 0.307 e. The molecule has 5 nitrogen and oxygen atoms in total. The molecule has 2 N–H and O–H groups in total. The maximum Gasteiger partial charge on any atom is 0.307 e. The highest BCUT2D eigenvalue weighted by atomic mass is 32.2. The molecule has 0 aromatic heterocycles. The summed E-state index contributed by atoms with van der Waals surface area (Å²) in [6.45, 7) is 1.76. The van der Waals surface area contributed by atoms with Crippen LogP contribution in [-0.4, -0.2) is 26.5 Å². The molecule has 0 saturated carbocycles. The van der Waals surface area contributed by atoms with Crippen molar-refractivity contribution in [2.75, 3.05) is 7.05 Å². The van der Waals surface area contributed by atoms with Crippen LogP contribution in [-0.2, 0) is 14.8 Å². The van der Waals surface area contributed by atoms with E-state index in [1.165, 1.54) is 25.2 Å². The maximum absolute atomic E-state index is 13.7. The van der Waals surface area contributed by atoms with E-state index in [2.05, 4.69) is 4.72 Å². The molecule has 0 unspecified atom stereocenters. The van der Waals surface area contributed by atoms with E-state index >= 15 is 0 Å². The zero-order valence-electron chi connectivity index (χ0n) is 14.8. The largest absolute Gasteiger partial charge is 0.481 e. The minimum absolute atomic E-state index is 0.114. The number of hydrogen-bond acceptors (Lipinski definition) is 3. The average molecular weight is 387 g/mol. The minimum Gasteiger partial charge on any atom is -0.481 e. The third kappa shape index (κ3) is 3.56. The van der Waals surface area contributed by atoms with Crippen LogP contribution in [0.3, 0.4) is 0 Å². The van der Waals surface area contributed by atoms with Crippen LogP contribution in [0.25, 0.3) is 17.2 Å². The van der Waals surface area contributed by atoms with Crippen LogP contribution in [0.4, 0.5) is 4.39 Å². The summed E-state index contributed by atoms with van der Waals surface area (Å²) in [5.74, 6) is -1.47. The number of aliphatic carboxylic acids is 1. The van der Waals surface area contributed by atoms with Gasteiger partial charge in [-0.15, -0.1) is 0 Å². The van der Waals surface area contributed by atoms with Gasteiger partial charge in [-0.1, -0.05) is 24.3 Å². The molecule has 7 heteroatoms. The highest BCUT2D eigenvalue weighted by molar-refractivity contribution is 7.89. The number of rotatable bonds is 5. The first-order valence-corrected chi connectivity index (χ1v) is 9.69. The number of carbonyl (C=O) groups is 1. The molecule has 1 aliphatic carbocycles. The number of sulfonamides is 1. The van der Waals surface area contributed by atoms with E-state index in [9.17, 15) is 22.7 Å². The van der Waals surface area contributed by atoms with Crippen LogP contribution in [0, 0.1) is 5.82 Å². The first-order valence-electron chi connectivity index (χ1n) is 8.21. The molecule has 1 aliphatic rings. The third-order valence-corrected chi connectivity index (χ3v) is 6.05. The van der Waals surface area contributed by atoms with Crippen molar-refractivity contribution < 1.29 is 22.7 Å². The molecule has 0 amide bonds. The van der Waals surface area contributed by atoms with E-state index in [1.807, 2.05) is 0 Å². The van der Waals surface area contributed by atoms with Gasteiger partial charge in [0, 0.05) is 0 Å². The summed E-state index contributed by atoms with van der Waals surface area (Å²) in [6.07, 6.45) is 1.46. The van der Waals surface area contributed by atoms with Gasteiger partial charge in [0.2, 0.25) is 10.0 Å². The molecule has 27 heavy (non-hydrogen) atoms. The summed E-state index contributed by atoms with van der Waals surface area (Å²) >= 11 is 0. The Morgan fingerprint density at radius 1 is 1.19 bits per heavy atom. The molecule has 0 radical (unpaired) electrons. The summed E-state index contributed by atoms with van der Waals surface area (Å²) in [4.78, 5) is 11.4. The standard InChI is InChI=1S/C20H18FNO4S/c1-12-16(9-13-5-3-4-6-19(13)27(25,26)22-2)15-8-7-14(21)10-18(15)17(12)11-20(23)24/h3-10,22H,11H2,1-2H3,(H,23,24). The number of halogens is 1. The molecule has 0 fully saturated rings. The van der Waals surface area contributed by atoms with E-state index in [0.29, 0.717) is 33.4 Å². The highest BCUT2D eigenvalue weighted by Gasteiger charge is 2.26. The Morgan fingerprint density at radius 3 is 2.56 bits per heavy atom. The van der Waals surface area contributed by atoms with Crippen molar-refractivity contribution in [1.82, 2.24) is 4.72 Å². The van der Waals surface area contributed by atoms with E-state index < -0.39 is 21.8 Å². The van der Waals surface area contributed by atoms with Gasteiger partial charge >= 0.3 is 5.97 Å². The molecule has 0 atom stereocenters. The van der Waals surface area contributed by atoms with Crippen molar-refractivity contribution in [3.05, 3.63) is 70.5 Å². The number of fused-ring (bicyclic) bond motifs is 1. The number of nitrogens with one attached hydrogen (secondary N) is 1. The summed E-state index contributed by atoms with van der Waals surface area (Å²) in [5.41, 5.74) is 3.57. The van der Waals surface area contributed by atoms with Gasteiger partial charge in [-0.05, 0) is 71.7 Å². The monoisotopic (exact) mass is 387 g/mol. The second kappa shape index (κ2) is 7.09. The molecule has 0 bridgehead atoms. The van der Waals surface area contributed by atoms with Crippen LogP contribution in [0.2, 0.25) is 0 Å². The molecule has 0 saturated heterocycles. The normalized spacial score (nSPS) is 15.3. The van der Waals surface area contributed by atoms with E-state index in [4.69, 9.17) is 0 Å². The zero-order valence-corrected chi connectivity index (χ0v) is 15.6. The summed E-state index contributed by atoms with van der Waals surface area (Å²) in [7, 11) is -2.33. The fraction of sp³-hybridized carbons (Fsp3) is 0.150. The molecule has 140 valence electrons. The molecular weight excluding hydrogens is 369 g/mol. The van der Waals surface area contributed by atoms with Crippen LogP contribution < -0.4 is 4.72 Å². The van der Waals surface area contributed by atoms with E-state index in [-0.39, 0.29) is 11.3 Å². The molecule has 2 aromatic carbocycles. The Hall–Kier alpha value is -2.77. The maximum atomic E-state index is 13.7. The molecule has 0 aliphatic heterocycles. The van der Waals surface area contributed by atoms with Crippen LogP contribution in [0.5, 0.6) is 0 Å². The van der Waals surface area contributed by atoms with Crippen molar-refractivity contribution in [2.24, 2.45) is 0 Å². The second-order valence-corrected chi connectivity index (χ2v) is 8.02. The lowest BCUT2D eigenvalue weighted by Gasteiger charge is -2.09. The van der Waals surface area contributed by atoms with Crippen LogP contribution in [0.1, 0.15) is 30.0 Å². The topological polar surface area (TPSA) is 83.5 Å². The Morgan fingerprint density at radius 2 is 1.89 bits per heavy atom. The average Bonchev–Trinajstić information content (AvgIpc) is 2.87. The third-order valence-electron chi connectivity index (χ3n) is 4.56. The van der Waals surface area contributed by atoms with Crippen molar-refractivity contribution in [2.45, 2.75) is 18.2 Å². The SMILES string of the molecule is CNS(=O)(=O)c1ccccc1C=C1C(C)=C(CC(=O)O)c2cc(F)ccc21. The lowest BCUT2D eigenvalue weighted by molar-refractivity contribution is -0.135.